The third-order valence-corrected chi connectivity index (χ3v) is 3.06. The average molecular weight is 307 g/mol. The highest BCUT2D eigenvalue weighted by atomic mass is 35.5. The van der Waals surface area contributed by atoms with Crippen molar-refractivity contribution in [3.8, 4) is 0 Å². The summed E-state index contributed by atoms with van der Waals surface area (Å²) < 4.78 is 4.74. The molecule has 0 radical (unpaired) electrons. The Hall–Kier alpha value is -1.01. The van der Waals surface area contributed by atoms with Crippen molar-refractivity contribution in [2.45, 2.75) is 25.7 Å². The number of alkyl carbamates (subject to hydrolysis) is 1. The largest absolute Gasteiger partial charge is 0.418 e. The van der Waals surface area contributed by atoms with E-state index >= 15 is 0 Å². The number of aliphatic hydroxyl groups is 1. The van der Waals surface area contributed by atoms with Gasteiger partial charge in [-0.05, 0) is 11.6 Å². The van der Waals surface area contributed by atoms with Gasteiger partial charge in [0.05, 0.1) is 16.1 Å². The molecule has 0 aliphatic heterocycles. The van der Waals surface area contributed by atoms with Crippen LogP contribution in [0.1, 0.15) is 25.5 Å². The van der Waals surface area contributed by atoms with E-state index in [1.807, 2.05) is 0 Å². The van der Waals surface area contributed by atoms with Gasteiger partial charge in [-0.1, -0.05) is 35.3 Å². The van der Waals surface area contributed by atoms with Crippen molar-refractivity contribution >= 4 is 29.3 Å². The third kappa shape index (κ3) is 4.87. The highest BCUT2D eigenvalue weighted by molar-refractivity contribution is 6.42. The Bertz CT molecular complexity index is 461. The molecule has 1 unspecified atom stereocenters. The van der Waals surface area contributed by atoms with E-state index in [0.717, 1.165) is 0 Å². The Labute approximate surface area is 121 Å². The van der Waals surface area contributed by atoms with E-state index in [0.29, 0.717) is 15.6 Å². The van der Waals surface area contributed by atoms with Crippen molar-refractivity contribution in [1.82, 2.24) is 5.32 Å². The number of carbonyl (C=O) groups excluding carboxylic acids is 1. The van der Waals surface area contributed by atoms with Gasteiger partial charge in [0.1, 0.15) is 0 Å². The lowest BCUT2D eigenvalue weighted by Crippen LogP contribution is -2.38. The molecule has 106 valence electrons. The number of nitrogens with one attached hydrogen (secondary N) is 1. The first-order chi connectivity index (χ1) is 8.74. The molecule has 5 nitrogen and oxygen atoms in total. The molecule has 0 saturated carbocycles. The fraction of sp³-hybridized carbons (Fsp3) is 0.417. The third-order valence-electron chi connectivity index (χ3n) is 2.23. The number of benzene rings is 1. The number of hydrogen-bond donors (Lipinski definition) is 3. The molecule has 0 aliphatic rings. The summed E-state index contributed by atoms with van der Waals surface area (Å²) in [7, 11) is 0. The molecular weight excluding hydrogens is 291 g/mol. The fourth-order valence-corrected chi connectivity index (χ4v) is 1.89. The predicted octanol–water partition coefficient (Wildman–Crippen LogP) is 2.45. The van der Waals surface area contributed by atoms with E-state index in [1.54, 1.807) is 18.2 Å². The zero-order valence-electron chi connectivity index (χ0n) is 10.6. The summed E-state index contributed by atoms with van der Waals surface area (Å²) in [6, 6.07) is 4.49. The maximum atomic E-state index is 11.6. The summed E-state index contributed by atoms with van der Waals surface area (Å²) in [6.45, 7) is 2.80. The lowest BCUT2D eigenvalue weighted by molar-refractivity contribution is -0.131. The Morgan fingerprint density at radius 3 is 2.68 bits per heavy atom. The van der Waals surface area contributed by atoms with Crippen LogP contribution in [-0.2, 0) is 4.74 Å². The topological polar surface area (TPSA) is 84.6 Å². The lowest BCUT2D eigenvalue weighted by atomic mass is 10.1. The molecule has 0 saturated heterocycles. The van der Waals surface area contributed by atoms with Crippen molar-refractivity contribution in [2.24, 2.45) is 5.73 Å². The second-order valence-electron chi connectivity index (χ2n) is 4.41. The van der Waals surface area contributed by atoms with Crippen molar-refractivity contribution < 1.29 is 14.6 Å². The van der Waals surface area contributed by atoms with E-state index in [2.05, 4.69) is 5.32 Å². The van der Waals surface area contributed by atoms with Crippen molar-refractivity contribution in [3.05, 3.63) is 33.8 Å². The highest BCUT2D eigenvalue weighted by Crippen LogP contribution is 2.29. The fourth-order valence-electron chi connectivity index (χ4n) is 1.45. The quantitative estimate of drug-likeness (QED) is 0.746. The molecule has 0 fully saturated rings. The molecule has 1 atom stereocenters. The number of halogens is 2. The molecule has 1 aromatic carbocycles. The number of hydrogen-bond acceptors (Lipinski definition) is 4. The summed E-state index contributed by atoms with van der Waals surface area (Å²) in [5.41, 5.74) is 6.19. The van der Waals surface area contributed by atoms with E-state index in [-0.39, 0.29) is 6.54 Å². The molecule has 0 heterocycles. The van der Waals surface area contributed by atoms with Gasteiger partial charge in [0.2, 0.25) is 5.79 Å². The molecule has 1 amide bonds. The zero-order valence-corrected chi connectivity index (χ0v) is 12.1. The van der Waals surface area contributed by atoms with E-state index in [9.17, 15) is 9.90 Å². The van der Waals surface area contributed by atoms with Gasteiger partial charge in [-0.3, -0.25) is 0 Å². The first kappa shape index (κ1) is 16.0. The standard InChI is InChI=1S/C12H16Cl2N2O3/c1-12(2,18)19-11(17)16-9(6-15)7-4-3-5-8(13)10(7)14/h3-5,9,18H,6,15H2,1-2H3,(H,16,17). The van der Waals surface area contributed by atoms with Crippen LogP contribution >= 0.6 is 23.2 Å². The van der Waals surface area contributed by atoms with Gasteiger partial charge in [0.25, 0.3) is 0 Å². The minimum atomic E-state index is -1.57. The number of carbonyl (C=O) groups is 1. The van der Waals surface area contributed by atoms with Crippen LogP contribution in [0.4, 0.5) is 4.79 Å². The predicted molar refractivity (Wildman–Crippen MR) is 74.2 cm³/mol. The molecule has 0 spiro atoms. The smallest absolute Gasteiger partial charge is 0.410 e. The first-order valence-electron chi connectivity index (χ1n) is 5.60. The molecular formula is C12H16Cl2N2O3. The SMILES string of the molecule is CC(C)(O)OC(=O)NC(CN)c1cccc(Cl)c1Cl. The summed E-state index contributed by atoms with van der Waals surface area (Å²) in [5.74, 6) is -1.57. The molecule has 1 aromatic rings. The van der Waals surface area contributed by atoms with Gasteiger partial charge < -0.3 is 20.9 Å². The number of ether oxygens (including phenoxy) is 1. The Balaban J connectivity index is 2.84. The monoisotopic (exact) mass is 306 g/mol. The average Bonchev–Trinajstić information content (AvgIpc) is 2.27. The minimum absolute atomic E-state index is 0.112. The van der Waals surface area contributed by atoms with Gasteiger partial charge in [-0.15, -0.1) is 0 Å². The van der Waals surface area contributed by atoms with Crippen LogP contribution in [0.3, 0.4) is 0 Å². The van der Waals surface area contributed by atoms with Crippen molar-refractivity contribution in [3.63, 3.8) is 0 Å². The van der Waals surface area contributed by atoms with Gasteiger partial charge in [-0.25, -0.2) is 4.79 Å². The Morgan fingerprint density at radius 1 is 1.53 bits per heavy atom. The normalized spacial score (nSPS) is 12.9. The second kappa shape index (κ2) is 6.43. The van der Waals surface area contributed by atoms with Crippen molar-refractivity contribution in [2.75, 3.05) is 6.54 Å². The van der Waals surface area contributed by atoms with E-state index in [4.69, 9.17) is 33.7 Å². The van der Waals surface area contributed by atoms with Crippen LogP contribution in [0, 0.1) is 0 Å². The van der Waals surface area contributed by atoms with Crippen LogP contribution in [0.5, 0.6) is 0 Å². The Kier molecular flexibility index (Phi) is 5.43. The number of nitrogens with two attached hydrogens (primary N) is 1. The Morgan fingerprint density at radius 2 is 2.16 bits per heavy atom. The van der Waals surface area contributed by atoms with E-state index in [1.165, 1.54) is 13.8 Å². The molecule has 19 heavy (non-hydrogen) atoms. The zero-order chi connectivity index (χ0) is 14.6. The summed E-state index contributed by atoms with van der Waals surface area (Å²) in [5, 5.41) is 12.6. The van der Waals surface area contributed by atoms with Crippen LogP contribution in [0.2, 0.25) is 10.0 Å². The highest BCUT2D eigenvalue weighted by Gasteiger charge is 2.22. The van der Waals surface area contributed by atoms with Gasteiger partial charge in [0, 0.05) is 20.4 Å². The van der Waals surface area contributed by atoms with Gasteiger partial charge >= 0.3 is 6.09 Å². The summed E-state index contributed by atoms with van der Waals surface area (Å²) in [4.78, 5) is 11.6. The maximum absolute atomic E-state index is 11.6. The summed E-state index contributed by atoms with van der Waals surface area (Å²) in [6.07, 6.45) is -0.793. The minimum Gasteiger partial charge on any atom is -0.418 e. The molecule has 0 aromatic heterocycles. The molecule has 0 aliphatic carbocycles. The molecule has 4 N–H and O–H groups in total. The van der Waals surface area contributed by atoms with Gasteiger partial charge in [-0.2, -0.15) is 0 Å². The number of amides is 1. The molecule has 7 heteroatoms. The summed E-state index contributed by atoms with van der Waals surface area (Å²) >= 11 is 12.0. The van der Waals surface area contributed by atoms with Gasteiger partial charge in [0.15, 0.2) is 0 Å². The van der Waals surface area contributed by atoms with Crippen LogP contribution < -0.4 is 11.1 Å². The number of rotatable bonds is 4. The van der Waals surface area contributed by atoms with Crippen LogP contribution in [0.15, 0.2) is 18.2 Å². The van der Waals surface area contributed by atoms with Crippen LogP contribution in [0.25, 0.3) is 0 Å². The molecule has 1 rings (SSSR count). The van der Waals surface area contributed by atoms with Crippen molar-refractivity contribution in [1.29, 1.82) is 0 Å². The van der Waals surface area contributed by atoms with E-state index < -0.39 is 17.9 Å². The first-order valence-corrected chi connectivity index (χ1v) is 6.36. The molecule has 0 bridgehead atoms. The van der Waals surface area contributed by atoms with Crippen LogP contribution in [-0.4, -0.2) is 23.5 Å². The maximum Gasteiger partial charge on any atom is 0.410 e. The lowest BCUT2D eigenvalue weighted by Gasteiger charge is -2.22. The second-order valence-corrected chi connectivity index (χ2v) is 5.20.